The van der Waals surface area contributed by atoms with E-state index in [0.717, 1.165) is 10.0 Å². The molecule has 0 saturated carbocycles. The summed E-state index contributed by atoms with van der Waals surface area (Å²) in [5.74, 6) is 0.927. The third-order valence-electron chi connectivity index (χ3n) is 4.66. The predicted molar refractivity (Wildman–Crippen MR) is 141 cm³/mol. The molecular weight excluding hydrogens is 584 g/mol. The molecule has 0 atom stereocenters. The minimum atomic E-state index is -0.485. The lowest BCUT2D eigenvalue weighted by molar-refractivity contribution is -0.384. The molecule has 0 radical (unpaired) electrons. The van der Waals surface area contributed by atoms with Crippen molar-refractivity contribution in [2.24, 2.45) is 5.10 Å². The molecule has 182 valence electrons. The molecule has 35 heavy (non-hydrogen) atoms. The topological polar surface area (TPSA) is 115 Å². The first-order chi connectivity index (χ1) is 16.8. The zero-order valence-corrected chi connectivity index (χ0v) is 22.1. The van der Waals surface area contributed by atoms with Gasteiger partial charge in [-0.2, -0.15) is 5.10 Å². The van der Waals surface area contributed by atoms with Gasteiger partial charge in [-0.3, -0.25) is 10.1 Å². The number of benzene rings is 3. The van der Waals surface area contributed by atoms with E-state index in [4.69, 9.17) is 9.47 Å². The zero-order chi connectivity index (χ0) is 25.4. The molecule has 0 aliphatic carbocycles. The van der Waals surface area contributed by atoms with Crippen molar-refractivity contribution in [1.82, 2.24) is 5.43 Å². The summed E-state index contributed by atoms with van der Waals surface area (Å²) in [4.78, 5) is 22.7. The summed E-state index contributed by atoms with van der Waals surface area (Å²) in [5, 5.41) is 17.7. The number of carbonyl (C=O) groups excluding carboxylic acids is 1. The van der Waals surface area contributed by atoms with Gasteiger partial charge in [0.15, 0.2) is 11.5 Å². The van der Waals surface area contributed by atoms with Crippen LogP contribution in [0.4, 0.5) is 16.2 Å². The van der Waals surface area contributed by atoms with Crippen molar-refractivity contribution in [2.45, 2.75) is 20.5 Å². The van der Waals surface area contributed by atoms with Crippen LogP contribution in [0.25, 0.3) is 0 Å². The monoisotopic (exact) mass is 604 g/mol. The molecule has 3 aromatic carbocycles. The van der Waals surface area contributed by atoms with Gasteiger partial charge in [0.05, 0.1) is 17.7 Å². The molecule has 3 aromatic rings. The maximum absolute atomic E-state index is 12.1. The number of carbonyl (C=O) groups is 1. The Morgan fingerprint density at radius 3 is 2.57 bits per heavy atom. The fourth-order valence-corrected chi connectivity index (χ4v) is 3.67. The quantitative estimate of drug-likeness (QED) is 0.163. The number of rotatable bonds is 9. The molecule has 3 rings (SSSR count). The summed E-state index contributed by atoms with van der Waals surface area (Å²) in [6, 6.07) is 14.7. The maximum atomic E-state index is 12.1. The molecule has 11 heteroatoms. The fraction of sp³-hybridized carbons (Fsp3) is 0.167. The lowest BCUT2D eigenvalue weighted by Gasteiger charge is -2.14. The highest BCUT2D eigenvalue weighted by atomic mass is 79.9. The minimum Gasteiger partial charge on any atom is -0.490 e. The maximum Gasteiger partial charge on any atom is 0.339 e. The molecule has 2 N–H and O–H groups in total. The van der Waals surface area contributed by atoms with E-state index in [1.165, 1.54) is 18.3 Å². The molecule has 0 aliphatic heterocycles. The summed E-state index contributed by atoms with van der Waals surface area (Å²) >= 11 is 6.90. The van der Waals surface area contributed by atoms with Crippen LogP contribution in [-0.2, 0) is 6.61 Å². The predicted octanol–water partition coefficient (Wildman–Crippen LogP) is 6.56. The molecule has 2 amide bonds. The molecule has 0 fully saturated rings. The number of nitrogens with zero attached hydrogens (tertiary/aromatic N) is 2. The number of anilines is 1. The third kappa shape index (κ3) is 7.52. The Morgan fingerprint density at radius 2 is 1.86 bits per heavy atom. The van der Waals surface area contributed by atoms with Gasteiger partial charge in [-0.25, -0.2) is 10.2 Å². The number of nitrogens with one attached hydrogen (secondary N) is 2. The van der Waals surface area contributed by atoms with Crippen molar-refractivity contribution < 1.29 is 19.2 Å². The van der Waals surface area contributed by atoms with Gasteiger partial charge in [0.1, 0.15) is 6.61 Å². The number of nitro groups is 1. The molecule has 0 heterocycles. The van der Waals surface area contributed by atoms with Crippen molar-refractivity contribution >= 4 is 55.5 Å². The Kier molecular flexibility index (Phi) is 9.21. The van der Waals surface area contributed by atoms with Crippen LogP contribution < -0.4 is 20.2 Å². The summed E-state index contributed by atoms with van der Waals surface area (Å²) < 4.78 is 13.2. The number of hydrazone groups is 1. The Bertz CT molecular complexity index is 1270. The first kappa shape index (κ1) is 26.2. The van der Waals surface area contributed by atoms with E-state index in [-0.39, 0.29) is 12.3 Å². The first-order valence-corrected chi connectivity index (χ1v) is 12.0. The number of urea groups is 1. The number of non-ortho nitro benzene ring substituents is 1. The SMILES string of the molecule is CCOc1cc(/C=N/NC(=O)Nc2ccc(Br)c(C)c2)c(Br)cc1OCc1cccc([N+](=O)[O-])c1. The van der Waals surface area contributed by atoms with Crippen molar-refractivity contribution in [3.05, 3.63) is 90.3 Å². The fourth-order valence-electron chi connectivity index (χ4n) is 2.99. The van der Waals surface area contributed by atoms with E-state index in [0.29, 0.717) is 39.4 Å². The molecule has 0 spiro atoms. The third-order valence-corrected chi connectivity index (χ3v) is 6.24. The summed E-state index contributed by atoms with van der Waals surface area (Å²) in [5.41, 5.74) is 5.36. The van der Waals surface area contributed by atoms with Gasteiger partial charge in [0, 0.05) is 32.3 Å². The van der Waals surface area contributed by atoms with Gasteiger partial charge in [-0.05, 0) is 71.2 Å². The summed E-state index contributed by atoms with van der Waals surface area (Å²) in [6.07, 6.45) is 1.48. The van der Waals surface area contributed by atoms with Crippen LogP contribution in [0.15, 0.2) is 68.6 Å². The largest absolute Gasteiger partial charge is 0.490 e. The van der Waals surface area contributed by atoms with Gasteiger partial charge in [0.2, 0.25) is 0 Å². The summed E-state index contributed by atoms with van der Waals surface area (Å²) in [6.45, 7) is 4.29. The van der Waals surface area contributed by atoms with Gasteiger partial charge in [-0.15, -0.1) is 0 Å². The van der Waals surface area contributed by atoms with Crippen LogP contribution in [0.3, 0.4) is 0 Å². The standard InChI is InChI=1S/C24H22Br2N4O5/c1-3-34-22-11-17(13-27-29-24(31)28-18-7-8-20(25)15(2)9-18)21(26)12-23(22)35-14-16-5-4-6-19(10-16)30(32)33/h4-13H,3,14H2,1-2H3,(H2,28,29,31)/b27-13+. The number of hydrogen-bond acceptors (Lipinski definition) is 6. The molecule has 0 saturated heterocycles. The van der Waals surface area contributed by atoms with E-state index in [2.05, 4.69) is 47.7 Å². The second kappa shape index (κ2) is 12.3. The molecular formula is C24H22Br2N4O5. The molecule has 0 unspecified atom stereocenters. The van der Waals surface area contributed by atoms with Crippen LogP contribution in [0.1, 0.15) is 23.6 Å². The average molecular weight is 606 g/mol. The van der Waals surface area contributed by atoms with Gasteiger partial charge in [-0.1, -0.05) is 28.1 Å². The molecule has 0 aromatic heterocycles. The Morgan fingerprint density at radius 1 is 1.09 bits per heavy atom. The molecule has 0 aliphatic rings. The highest BCUT2D eigenvalue weighted by Gasteiger charge is 2.12. The van der Waals surface area contributed by atoms with Crippen LogP contribution in [0.5, 0.6) is 11.5 Å². The number of nitro benzene ring substituents is 1. The van der Waals surface area contributed by atoms with E-state index in [1.54, 1.807) is 30.3 Å². The first-order valence-electron chi connectivity index (χ1n) is 10.5. The number of ether oxygens (including phenoxy) is 2. The van der Waals surface area contributed by atoms with Gasteiger partial charge in [0.25, 0.3) is 5.69 Å². The van der Waals surface area contributed by atoms with Crippen LogP contribution in [-0.4, -0.2) is 23.8 Å². The van der Waals surface area contributed by atoms with Gasteiger partial charge >= 0.3 is 6.03 Å². The van der Waals surface area contributed by atoms with Gasteiger partial charge < -0.3 is 14.8 Å². The van der Waals surface area contributed by atoms with E-state index in [9.17, 15) is 14.9 Å². The Balaban J connectivity index is 1.67. The number of halogens is 2. The lowest BCUT2D eigenvalue weighted by Crippen LogP contribution is -2.24. The number of hydrogen-bond donors (Lipinski definition) is 2. The van der Waals surface area contributed by atoms with Crippen LogP contribution >= 0.6 is 31.9 Å². The smallest absolute Gasteiger partial charge is 0.339 e. The zero-order valence-electron chi connectivity index (χ0n) is 18.9. The highest BCUT2D eigenvalue weighted by Crippen LogP contribution is 2.34. The van der Waals surface area contributed by atoms with E-state index >= 15 is 0 Å². The van der Waals surface area contributed by atoms with E-state index in [1.807, 2.05) is 26.0 Å². The Labute approximate surface area is 218 Å². The van der Waals surface area contributed by atoms with E-state index < -0.39 is 11.0 Å². The average Bonchev–Trinajstić information content (AvgIpc) is 2.82. The van der Waals surface area contributed by atoms with Crippen LogP contribution in [0.2, 0.25) is 0 Å². The number of amides is 2. The lowest BCUT2D eigenvalue weighted by atomic mass is 10.2. The summed E-state index contributed by atoms with van der Waals surface area (Å²) in [7, 11) is 0. The second-order valence-electron chi connectivity index (χ2n) is 7.26. The highest BCUT2D eigenvalue weighted by molar-refractivity contribution is 9.10. The van der Waals surface area contributed by atoms with Crippen LogP contribution in [0, 0.1) is 17.0 Å². The molecule has 9 nitrogen and oxygen atoms in total. The van der Waals surface area contributed by atoms with Crippen molar-refractivity contribution in [3.63, 3.8) is 0 Å². The number of aryl methyl sites for hydroxylation is 1. The Hall–Kier alpha value is -3.44. The molecule has 0 bridgehead atoms. The normalized spacial score (nSPS) is 10.7. The van der Waals surface area contributed by atoms with Crippen molar-refractivity contribution in [1.29, 1.82) is 0 Å². The van der Waals surface area contributed by atoms with Crippen molar-refractivity contribution in [3.8, 4) is 11.5 Å². The van der Waals surface area contributed by atoms with Crippen molar-refractivity contribution in [2.75, 3.05) is 11.9 Å². The minimum absolute atomic E-state index is 0.00400. The second-order valence-corrected chi connectivity index (χ2v) is 8.97.